The summed E-state index contributed by atoms with van der Waals surface area (Å²) in [5, 5.41) is 0.468. The average molecular weight is 549 g/mol. The molecule has 0 N–H and O–H groups in total. The highest BCUT2D eigenvalue weighted by Gasteiger charge is 2.35. The van der Waals surface area contributed by atoms with Gasteiger partial charge in [0.05, 0.1) is 37.2 Å². The minimum absolute atomic E-state index is 0.0615. The van der Waals surface area contributed by atoms with E-state index in [9.17, 15) is 18.0 Å². The number of carbonyl (C=O) groups is 2. The maximum atomic E-state index is 13.7. The molecule has 1 aromatic heterocycles. The molecule has 35 heavy (non-hydrogen) atoms. The summed E-state index contributed by atoms with van der Waals surface area (Å²) in [7, 11) is -4.15. The molecule has 0 bridgehead atoms. The van der Waals surface area contributed by atoms with Crippen molar-refractivity contribution in [2.75, 3.05) is 6.54 Å². The standard InChI is InChI=1S/C24H16Cl3N3O4S/c25-16-8-3-4-9-21(16)35(33,34)30-20-13-18(27)17(26)12-19(20)28-22(30)10-5-11-29-23(31)14-6-1-2-7-15(14)24(29)32/h1-4,6-9,12-13H,5,10-11H2. The van der Waals surface area contributed by atoms with Crippen LogP contribution >= 0.6 is 34.8 Å². The van der Waals surface area contributed by atoms with Crippen LogP contribution < -0.4 is 0 Å². The van der Waals surface area contributed by atoms with Crippen molar-refractivity contribution >= 4 is 67.7 Å². The van der Waals surface area contributed by atoms with Crippen molar-refractivity contribution < 1.29 is 18.0 Å². The fourth-order valence-corrected chi connectivity index (χ4v) is 6.44. The van der Waals surface area contributed by atoms with Gasteiger partial charge in [-0.05, 0) is 42.8 Å². The van der Waals surface area contributed by atoms with Gasteiger partial charge in [-0.2, -0.15) is 0 Å². The van der Waals surface area contributed by atoms with Gasteiger partial charge in [-0.15, -0.1) is 0 Å². The van der Waals surface area contributed by atoms with Gasteiger partial charge in [-0.25, -0.2) is 17.4 Å². The Morgan fingerprint density at radius 1 is 0.800 bits per heavy atom. The summed E-state index contributed by atoms with van der Waals surface area (Å²) in [6.45, 7) is 0.100. The Balaban J connectivity index is 1.51. The Bertz CT molecular complexity index is 1600. The molecule has 0 saturated carbocycles. The van der Waals surface area contributed by atoms with Crippen molar-refractivity contribution in [3.8, 4) is 0 Å². The summed E-state index contributed by atoms with van der Waals surface area (Å²) in [4.78, 5) is 30.9. The number of imidazole rings is 1. The third-order valence-corrected chi connectivity index (χ3v) is 8.70. The first-order chi connectivity index (χ1) is 16.7. The number of carbonyl (C=O) groups excluding carboxylic acids is 2. The zero-order valence-corrected chi connectivity index (χ0v) is 21.0. The topological polar surface area (TPSA) is 89.3 Å². The van der Waals surface area contributed by atoms with Gasteiger partial charge in [0.2, 0.25) is 0 Å². The first-order valence-electron chi connectivity index (χ1n) is 10.5. The summed E-state index contributed by atoms with van der Waals surface area (Å²) in [5.41, 5.74) is 1.30. The first kappa shape index (κ1) is 23.8. The van der Waals surface area contributed by atoms with Crippen LogP contribution in [0, 0.1) is 0 Å². The predicted octanol–water partition coefficient (Wildman–Crippen LogP) is 5.46. The lowest BCUT2D eigenvalue weighted by molar-refractivity contribution is 0.0652. The van der Waals surface area contributed by atoms with Crippen molar-refractivity contribution in [2.45, 2.75) is 17.7 Å². The van der Waals surface area contributed by atoms with E-state index in [0.29, 0.717) is 16.6 Å². The second-order valence-corrected chi connectivity index (χ2v) is 10.9. The summed E-state index contributed by atoms with van der Waals surface area (Å²) >= 11 is 18.5. The molecule has 11 heteroatoms. The normalized spacial score (nSPS) is 13.6. The van der Waals surface area contributed by atoms with E-state index >= 15 is 0 Å². The number of imide groups is 1. The largest absolute Gasteiger partial charge is 0.274 e. The van der Waals surface area contributed by atoms with E-state index in [1.807, 2.05) is 0 Å². The van der Waals surface area contributed by atoms with Gasteiger partial charge in [0, 0.05) is 13.0 Å². The van der Waals surface area contributed by atoms with E-state index in [4.69, 9.17) is 34.8 Å². The van der Waals surface area contributed by atoms with E-state index in [2.05, 4.69) is 4.98 Å². The van der Waals surface area contributed by atoms with Crippen LogP contribution in [0.4, 0.5) is 0 Å². The highest BCUT2D eigenvalue weighted by molar-refractivity contribution is 7.90. The zero-order chi connectivity index (χ0) is 24.9. The smallest absolute Gasteiger partial charge is 0.271 e. The van der Waals surface area contributed by atoms with Gasteiger partial charge < -0.3 is 0 Å². The lowest BCUT2D eigenvalue weighted by Gasteiger charge is -2.15. The zero-order valence-electron chi connectivity index (χ0n) is 17.9. The van der Waals surface area contributed by atoms with Gasteiger partial charge in [-0.3, -0.25) is 14.5 Å². The molecule has 5 rings (SSSR count). The van der Waals surface area contributed by atoms with Crippen molar-refractivity contribution in [3.05, 3.63) is 92.7 Å². The Morgan fingerprint density at radius 3 is 2.06 bits per heavy atom. The molecular formula is C24H16Cl3N3O4S. The minimum atomic E-state index is -4.15. The second kappa shape index (κ2) is 8.95. The van der Waals surface area contributed by atoms with Gasteiger partial charge in [-0.1, -0.05) is 59.1 Å². The van der Waals surface area contributed by atoms with Crippen LogP contribution in [0.15, 0.2) is 65.6 Å². The van der Waals surface area contributed by atoms with E-state index in [1.165, 1.54) is 24.3 Å². The summed E-state index contributed by atoms with van der Waals surface area (Å²) in [6, 6.07) is 15.6. The van der Waals surface area contributed by atoms with Gasteiger partial charge in [0.1, 0.15) is 10.7 Å². The molecule has 2 amide bonds. The van der Waals surface area contributed by atoms with E-state index in [1.54, 1.807) is 36.4 Å². The quantitative estimate of drug-likeness (QED) is 0.298. The Hall–Kier alpha value is -2.91. The molecule has 1 aliphatic heterocycles. The highest BCUT2D eigenvalue weighted by atomic mass is 35.5. The number of benzene rings is 3. The van der Waals surface area contributed by atoms with Crippen LogP contribution in [0.1, 0.15) is 33.0 Å². The molecule has 4 aromatic rings. The van der Waals surface area contributed by atoms with Gasteiger partial charge in [0.25, 0.3) is 21.8 Å². The number of hydrogen-bond acceptors (Lipinski definition) is 5. The van der Waals surface area contributed by atoms with E-state index < -0.39 is 10.0 Å². The second-order valence-electron chi connectivity index (χ2n) is 7.89. The first-order valence-corrected chi connectivity index (χ1v) is 13.1. The maximum absolute atomic E-state index is 13.7. The van der Waals surface area contributed by atoms with Crippen molar-refractivity contribution in [3.63, 3.8) is 0 Å². The van der Waals surface area contributed by atoms with E-state index in [-0.39, 0.29) is 62.5 Å². The molecule has 0 spiro atoms. The number of hydrogen-bond donors (Lipinski definition) is 0. The van der Waals surface area contributed by atoms with Crippen LogP contribution in [0.3, 0.4) is 0 Å². The Morgan fingerprint density at radius 2 is 1.40 bits per heavy atom. The maximum Gasteiger partial charge on any atom is 0.271 e. The lowest BCUT2D eigenvalue weighted by atomic mass is 10.1. The number of aryl methyl sites for hydroxylation is 1. The van der Waals surface area contributed by atoms with Crippen LogP contribution in [0.25, 0.3) is 11.0 Å². The number of rotatable bonds is 6. The SMILES string of the molecule is O=C1c2ccccc2C(=O)N1CCCc1nc2cc(Cl)c(Cl)cc2n1S(=O)(=O)c1ccccc1Cl. The van der Waals surface area contributed by atoms with Crippen LogP contribution in [0.2, 0.25) is 15.1 Å². The Labute approximate surface area is 215 Å². The number of amides is 2. The third kappa shape index (κ3) is 4.00. The van der Waals surface area contributed by atoms with Crippen molar-refractivity contribution in [1.82, 2.24) is 13.9 Å². The summed E-state index contributed by atoms with van der Waals surface area (Å²) in [5.74, 6) is -0.544. The van der Waals surface area contributed by atoms with Gasteiger partial charge in [0.15, 0.2) is 0 Å². The van der Waals surface area contributed by atoms with Crippen LogP contribution in [-0.4, -0.2) is 40.6 Å². The highest BCUT2D eigenvalue weighted by Crippen LogP contribution is 2.33. The molecular weight excluding hydrogens is 533 g/mol. The van der Waals surface area contributed by atoms with Crippen LogP contribution in [-0.2, 0) is 16.4 Å². The molecule has 3 aromatic carbocycles. The molecule has 0 atom stereocenters. The van der Waals surface area contributed by atoms with Gasteiger partial charge >= 0.3 is 0 Å². The Kier molecular flexibility index (Phi) is 6.09. The number of aromatic nitrogens is 2. The van der Waals surface area contributed by atoms with Crippen molar-refractivity contribution in [1.29, 1.82) is 0 Å². The molecule has 1 aliphatic rings. The van der Waals surface area contributed by atoms with Crippen LogP contribution in [0.5, 0.6) is 0 Å². The molecule has 0 fully saturated rings. The third-order valence-electron chi connectivity index (χ3n) is 5.74. The number of nitrogens with zero attached hydrogens (tertiary/aromatic N) is 3. The monoisotopic (exact) mass is 547 g/mol. The molecule has 0 saturated heterocycles. The number of halogens is 3. The number of fused-ring (bicyclic) bond motifs is 2. The molecule has 2 heterocycles. The molecule has 0 aliphatic carbocycles. The summed E-state index contributed by atoms with van der Waals surface area (Å²) < 4.78 is 28.4. The van der Waals surface area contributed by atoms with Crippen molar-refractivity contribution in [2.24, 2.45) is 0 Å². The predicted molar refractivity (Wildman–Crippen MR) is 134 cm³/mol. The molecule has 0 unspecified atom stereocenters. The lowest BCUT2D eigenvalue weighted by Crippen LogP contribution is -2.31. The molecule has 7 nitrogen and oxygen atoms in total. The van der Waals surface area contributed by atoms with E-state index in [0.717, 1.165) is 8.87 Å². The minimum Gasteiger partial charge on any atom is -0.274 e. The molecule has 178 valence electrons. The molecule has 0 radical (unpaired) electrons. The summed E-state index contributed by atoms with van der Waals surface area (Å²) in [6.07, 6.45) is 0.440. The average Bonchev–Trinajstić information content (AvgIpc) is 3.30. The fourth-order valence-electron chi connectivity index (χ4n) is 4.12. The fraction of sp³-hybridized carbons (Fsp3) is 0.125.